The minimum absolute atomic E-state index is 0. The highest BCUT2D eigenvalue weighted by Crippen LogP contribution is 2.12. The number of benzene rings is 1. The maximum atomic E-state index is 11.7. The van der Waals surface area contributed by atoms with E-state index < -0.39 is 0 Å². The number of anilines is 1. The predicted molar refractivity (Wildman–Crippen MR) is 72.7 cm³/mol. The van der Waals surface area contributed by atoms with E-state index in [9.17, 15) is 4.79 Å². The lowest BCUT2D eigenvalue weighted by atomic mass is 10.1. The average Bonchev–Trinajstić information content (AvgIpc) is 2.74. The van der Waals surface area contributed by atoms with Crippen molar-refractivity contribution in [3.8, 4) is 0 Å². The van der Waals surface area contributed by atoms with Crippen LogP contribution in [0, 0.1) is 6.92 Å². The van der Waals surface area contributed by atoms with Crippen LogP contribution in [0.25, 0.3) is 0 Å². The van der Waals surface area contributed by atoms with Gasteiger partial charge in [-0.15, -0.1) is 12.4 Å². The fourth-order valence-corrected chi connectivity index (χ4v) is 2.00. The summed E-state index contributed by atoms with van der Waals surface area (Å²) in [5.74, 6) is 0.100. The Bertz CT molecular complexity index is 358. The van der Waals surface area contributed by atoms with E-state index in [1.165, 1.54) is 12.0 Å². The van der Waals surface area contributed by atoms with Gasteiger partial charge in [0.2, 0.25) is 5.91 Å². The molecule has 1 aliphatic heterocycles. The molecular formula is C13H19ClN2O. The van der Waals surface area contributed by atoms with Crippen LogP contribution in [0.5, 0.6) is 0 Å². The number of carbonyl (C=O) groups is 1. The Hall–Kier alpha value is -1.06. The van der Waals surface area contributed by atoms with Crippen molar-refractivity contribution in [1.29, 1.82) is 0 Å². The highest BCUT2D eigenvalue weighted by molar-refractivity contribution is 5.91. The number of aryl methyl sites for hydroxylation is 1. The van der Waals surface area contributed by atoms with Crippen LogP contribution in [0.1, 0.15) is 24.8 Å². The third kappa shape index (κ3) is 4.36. The zero-order chi connectivity index (χ0) is 11.4. The summed E-state index contributed by atoms with van der Waals surface area (Å²) in [4.78, 5) is 11.7. The van der Waals surface area contributed by atoms with Crippen LogP contribution in [0.15, 0.2) is 24.3 Å². The molecule has 0 radical (unpaired) electrons. The highest BCUT2D eigenvalue weighted by atomic mass is 35.5. The number of nitrogens with one attached hydrogen (secondary N) is 2. The lowest BCUT2D eigenvalue weighted by molar-refractivity contribution is -0.116. The van der Waals surface area contributed by atoms with Gasteiger partial charge >= 0.3 is 0 Å². The highest BCUT2D eigenvalue weighted by Gasteiger charge is 2.17. The lowest BCUT2D eigenvalue weighted by Crippen LogP contribution is -2.27. The third-order valence-electron chi connectivity index (χ3n) is 2.93. The normalized spacial score (nSPS) is 18.5. The molecule has 17 heavy (non-hydrogen) atoms. The van der Waals surface area contributed by atoms with E-state index in [0.29, 0.717) is 12.5 Å². The minimum atomic E-state index is 0. The van der Waals surface area contributed by atoms with Gasteiger partial charge in [0.05, 0.1) is 0 Å². The summed E-state index contributed by atoms with van der Waals surface area (Å²) in [6.07, 6.45) is 2.87. The third-order valence-corrected chi connectivity index (χ3v) is 2.93. The molecule has 1 aromatic carbocycles. The SMILES string of the molecule is Cc1ccc(NC(=O)CC2CCCN2)cc1.Cl. The molecule has 1 unspecified atom stereocenters. The van der Waals surface area contributed by atoms with E-state index in [4.69, 9.17) is 0 Å². The Kier molecular flexibility index (Phi) is 5.45. The monoisotopic (exact) mass is 254 g/mol. The van der Waals surface area contributed by atoms with Crippen molar-refractivity contribution >= 4 is 24.0 Å². The van der Waals surface area contributed by atoms with Gasteiger partial charge in [-0.25, -0.2) is 0 Å². The van der Waals surface area contributed by atoms with Crippen LogP contribution in [0.3, 0.4) is 0 Å². The lowest BCUT2D eigenvalue weighted by Gasteiger charge is -2.10. The largest absolute Gasteiger partial charge is 0.326 e. The average molecular weight is 255 g/mol. The Morgan fingerprint density at radius 2 is 2.12 bits per heavy atom. The number of halogens is 1. The Balaban J connectivity index is 0.00000144. The molecule has 3 nitrogen and oxygen atoms in total. The quantitative estimate of drug-likeness (QED) is 0.870. The van der Waals surface area contributed by atoms with Gasteiger partial charge in [0.25, 0.3) is 0 Å². The number of carbonyl (C=O) groups excluding carboxylic acids is 1. The molecule has 1 aromatic rings. The zero-order valence-corrected chi connectivity index (χ0v) is 10.8. The van der Waals surface area contributed by atoms with Crippen LogP contribution >= 0.6 is 12.4 Å². The summed E-state index contributed by atoms with van der Waals surface area (Å²) in [5, 5.41) is 6.24. The molecule has 94 valence electrons. The van der Waals surface area contributed by atoms with Crippen LogP contribution in [-0.2, 0) is 4.79 Å². The molecule has 0 aliphatic carbocycles. The summed E-state index contributed by atoms with van der Waals surface area (Å²) in [6, 6.07) is 8.25. The van der Waals surface area contributed by atoms with E-state index >= 15 is 0 Å². The molecular weight excluding hydrogens is 236 g/mol. The van der Waals surface area contributed by atoms with Gasteiger partial charge < -0.3 is 10.6 Å². The molecule has 1 amide bonds. The topological polar surface area (TPSA) is 41.1 Å². The molecule has 1 aliphatic rings. The summed E-state index contributed by atoms with van der Waals surface area (Å²) in [7, 11) is 0. The second-order valence-electron chi connectivity index (χ2n) is 4.41. The standard InChI is InChI=1S/C13H18N2O.ClH/c1-10-4-6-11(7-5-10)15-13(16)9-12-3-2-8-14-12;/h4-7,12,14H,2-3,8-9H2,1H3,(H,15,16);1H. The van der Waals surface area contributed by atoms with Gasteiger partial charge in [-0.3, -0.25) is 4.79 Å². The van der Waals surface area contributed by atoms with Gasteiger partial charge in [0.15, 0.2) is 0 Å². The molecule has 1 heterocycles. The van der Waals surface area contributed by atoms with E-state index in [-0.39, 0.29) is 18.3 Å². The Labute approximate surface area is 108 Å². The fourth-order valence-electron chi connectivity index (χ4n) is 2.00. The number of amides is 1. The van der Waals surface area contributed by atoms with Crippen LogP contribution in [0.2, 0.25) is 0 Å². The number of hydrogen-bond donors (Lipinski definition) is 2. The Morgan fingerprint density at radius 1 is 1.41 bits per heavy atom. The zero-order valence-electron chi connectivity index (χ0n) is 10.0. The number of rotatable bonds is 3. The summed E-state index contributed by atoms with van der Waals surface area (Å²) in [6.45, 7) is 3.08. The molecule has 2 N–H and O–H groups in total. The summed E-state index contributed by atoms with van der Waals surface area (Å²) < 4.78 is 0. The van der Waals surface area contributed by atoms with Crippen molar-refractivity contribution < 1.29 is 4.79 Å². The van der Waals surface area contributed by atoms with Gasteiger partial charge in [-0.1, -0.05) is 17.7 Å². The van der Waals surface area contributed by atoms with Crippen molar-refractivity contribution in [2.45, 2.75) is 32.2 Å². The molecule has 0 saturated carbocycles. The molecule has 4 heteroatoms. The Morgan fingerprint density at radius 3 is 2.71 bits per heavy atom. The van der Waals surface area contributed by atoms with Crippen LogP contribution in [0.4, 0.5) is 5.69 Å². The van der Waals surface area contributed by atoms with Crippen molar-refractivity contribution in [3.63, 3.8) is 0 Å². The fraction of sp³-hybridized carbons (Fsp3) is 0.462. The van der Waals surface area contributed by atoms with Crippen LogP contribution in [-0.4, -0.2) is 18.5 Å². The molecule has 0 spiro atoms. The van der Waals surface area contributed by atoms with E-state index in [2.05, 4.69) is 10.6 Å². The van der Waals surface area contributed by atoms with Gasteiger partial charge in [0, 0.05) is 18.2 Å². The van der Waals surface area contributed by atoms with Gasteiger partial charge in [0.1, 0.15) is 0 Å². The first-order valence-corrected chi connectivity index (χ1v) is 5.84. The van der Waals surface area contributed by atoms with E-state index in [1.54, 1.807) is 0 Å². The second kappa shape index (κ2) is 6.62. The first-order valence-electron chi connectivity index (χ1n) is 5.84. The van der Waals surface area contributed by atoms with Crippen molar-refractivity contribution in [2.24, 2.45) is 0 Å². The summed E-state index contributed by atoms with van der Waals surface area (Å²) >= 11 is 0. The van der Waals surface area contributed by atoms with Gasteiger partial charge in [-0.05, 0) is 38.4 Å². The maximum Gasteiger partial charge on any atom is 0.225 e. The van der Waals surface area contributed by atoms with Gasteiger partial charge in [-0.2, -0.15) is 0 Å². The summed E-state index contributed by atoms with van der Waals surface area (Å²) in [5.41, 5.74) is 2.09. The van der Waals surface area contributed by atoms with E-state index in [0.717, 1.165) is 18.7 Å². The molecule has 1 atom stereocenters. The number of hydrogen-bond acceptors (Lipinski definition) is 2. The molecule has 0 bridgehead atoms. The molecule has 0 aromatic heterocycles. The molecule has 2 rings (SSSR count). The smallest absolute Gasteiger partial charge is 0.225 e. The van der Waals surface area contributed by atoms with Crippen LogP contribution < -0.4 is 10.6 Å². The molecule has 1 saturated heterocycles. The first kappa shape index (κ1) is 14.0. The second-order valence-corrected chi connectivity index (χ2v) is 4.41. The van der Waals surface area contributed by atoms with Crippen molar-refractivity contribution in [2.75, 3.05) is 11.9 Å². The maximum absolute atomic E-state index is 11.7. The molecule has 1 fully saturated rings. The first-order chi connectivity index (χ1) is 7.74. The van der Waals surface area contributed by atoms with Crippen molar-refractivity contribution in [1.82, 2.24) is 5.32 Å². The van der Waals surface area contributed by atoms with E-state index in [1.807, 2.05) is 31.2 Å². The minimum Gasteiger partial charge on any atom is -0.326 e. The van der Waals surface area contributed by atoms with Crippen molar-refractivity contribution in [3.05, 3.63) is 29.8 Å². The predicted octanol–water partition coefficient (Wildman–Crippen LogP) is 2.50.